The van der Waals surface area contributed by atoms with Gasteiger partial charge in [0.2, 0.25) is 0 Å². The van der Waals surface area contributed by atoms with Gasteiger partial charge in [-0.3, -0.25) is 0 Å². The number of nitrogens with zero attached hydrogens (tertiary/aromatic N) is 3. The molecule has 16 heavy (non-hydrogen) atoms. The van der Waals surface area contributed by atoms with Gasteiger partial charge in [0.1, 0.15) is 6.04 Å². The molecule has 1 N–H and O–H groups in total. The number of aliphatic carboxylic acids is 1. The number of carboxylic acid groups (broad SMARTS) is 1. The van der Waals surface area contributed by atoms with Crippen molar-refractivity contribution in [3.8, 4) is 0 Å². The molecule has 1 aromatic rings. The van der Waals surface area contributed by atoms with Crippen molar-refractivity contribution in [2.45, 2.75) is 38.6 Å². The molecular weight excluding hydrogens is 210 g/mol. The Balaban J connectivity index is 2.19. The van der Waals surface area contributed by atoms with Gasteiger partial charge < -0.3 is 14.5 Å². The van der Waals surface area contributed by atoms with E-state index in [0.717, 1.165) is 6.42 Å². The molecule has 0 amide bonds. The highest BCUT2D eigenvalue weighted by atomic mass is 16.5. The predicted octanol–water partition coefficient (Wildman–Crippen LogP) is 1.25. The van der Waals surface area contributed by atoms with E-state index in [-0.39, 0.29) is 5.92 Å². The van der Waals surface area contributed by atoms with Crippen molar-refractivity contribution in [1.82, 2.24) is 10.1 Å². The summed E-state index contributed by atoms with van der Waals surface area (Å²) >= 11 is 0. The zero-order valence-corrected chi connectivity index (χ0v) is 9.38. The van der Waals surface area contributed by atoms with Crippen LogP contribution in [0.1, 0.15) is 38.4 Å². The van der Waals surface area contributed by atoms with E-state index in [2.05, 4.69) is 10.1 Å². The first-order valence-corrected chi connectivity index (χ1v) is 5.42. The topological polar surface area (TPSA) is 79.5 Å². The molecule has 1 saturated heterocycles. The molecular formula is C10H15N3O3. The lowest BCUT2D eigenvalue weighted by Crippen LogP contribution is -2.36. The van der Waals surface area contributed by atoms with Gasteiger partial charge >= 0.3 is 12.0 Å². The Hall–Kier alpha value is -1.59. The van der Waals surface area contributed by atoms with E-state index in [1.165, 1.54) is 0 Å². The van der Waals surface area contributed by atoms with Gasteiger partial charge in [-0.2, -0.15) is 4.98 Å². The van der Waals surface area contributed by atoms with E-state index >= 15 is 0 Å². The van der Waals surface area contributed by atoms with Crippen LogP contribution in [-0.4, -0.2) is 33.8 Å². The number of carbonyl (C=O) groups is 1. The van der Waals surface area contributed by atoms with Crippen LogP contribution in [0.25, 0.3) is 0 Å². The fraction of sp³-hybridized carbons (Fsp3) is 0.700. The molecule has 88 valence electrons. The van der Waals surface area contributed by atoms with Crippen molar-refractivity contribution in [2.24, 2.45) is 0 Å². The van der Waals surface area contributed by atoms with Crippen LogP contribution in [0.5, 0.6) is 0 Å². The van der Waals surface area contributed by atoms with E-state index in [4.69, 9.17) is 9.63 Å². The minimum atomic E-state index is -0.832. The predicted molar refractivity (Wildman–Crippen MR) is 56.4 cm³/mol. The normalized spacial score (nSPS) is 20.7. The monoisotopic (exact) mass is 225 g/mol. The number of hydrogen-bond acceptors (Lipinski definition) is 5. The summed E-state index contributed by atoms with van der Waals surface area (Å²) in [6.07, 6.45) is 1.48. The largest absolute Gasteiger partial charge is 0.480 e. The molecule has 1 aliphatic heterocycles. The van der Waals surface area contributed by atoms with Gasteiger partial charge in [-0.05, 0) is 12.8 Å². The first-order valence-electron chi connectivity index (χ1n) is 5.42. The maximum atomic E-state index is 11.0. The molecule has 0 unspecified atom stereocenters. The molecule has 2 rings (SSSR count). The molecule has 1 atom stereocenters. The minimum absolute atomic E-state index is 0.184. The maximum absolute atomic E-state index is 11.0. The molecule has 0 radical (unpaired) electrons. The van der Waals surface area contributed by atoms with Crippen LogP contribution in [0.15, 0.2) is 4.52 Å². The summed E-state index contributed by atoms with van der Waals surface area (Å²) in [6.45, 7) is 4.59. The average Bonchev–Trinajstić information content (AvgIpc) is 2.86. The zero-order valence-electron chi connectivity index (χ0n) is 9.38. The highest BCUT2D eigenvalue weighted by Crippen LogP contribution is 2.25. The second-order valence-electron chi connectivity index (χ2n) is 4.28. The maximum Gasteiger partial charge on any atom is 0.326 e. The highest BCUT2D eigenvalue weighted by Gasteiger charge is 2.34. The van der Waals surface area contributed by atoms with Crippen LogP contribution in [0.3, 0.4) is 0 Å². The van der Waals surface area contributed by atoms with Crippen LogP contribution in [0, 0.1) is 0 Å². The van der Waals surface area contributed by atoms with Gasteiger partial charge in [-0.1, -0.05) is 19.0 Å². The fourth-order valence-corrected chi connectivity index (χ4v) is 1.83. The third-order valence-corrected chi connectivity index (χ3v) is 2.73. The number of hydrogen-bond donors (Lipinski definition) is 1. The molecule has 6 nitrogen and oxygen atoms in total. The van der Waals surface area contributed by atoms with E-state index in [1.54, 1.807) is 4.90 Å². The standard InChI is InChI=1S/C10H15N3O3/c1-6(2)8-11-10(16-12-8)13-5-3-4-7(13)9(14)15/h6-7H,3-5H2,1-2H3,(H,14,15)/t7-/m0/s1. The Bertz CT molecular complexity index is 388. The summed E-state index contributed by atoms with van der Waals surface area (Å²) in [4.78, 5) is 16.9. The number of carboxylic acids is 1. The third kappa shape index (κ3) is 1.87. The summed E-state index contributed by atoms with van der Waals surface area (Å²) in [6, 6.07) is -0.200. The summed E-state index contributed by atoms with van der Waals surface area (Å²) in [5, 5.41) is 12.9. The Morgan fingerprint density at radius 2 is 2.38 bits per heavy atom. The molecule has 1 aromatic heterocycles. The summed E-state index contributed by atoms with van der Waals surface area (Å²) in [5.74, 6) is -0.0313. The number of aromatic nitrogens is 2. The molecule has 0 aromatic carbocycles. The van der Waals surface area contributed by atoms with Crippen molar-refractivity contribution in [2.75, 3.05) is 11.4 Å². The molecule has 0 spiro atoms. The van der Waals surface area contributed by atoms with Gasteiger partial charge in [-0.15, -0.1) is 0 Å². The Kier molecular flexibility index (Phi) is 2.80. The molecule has 0 bridgehead atoms. The van der Waals surface area contributed by atoms with Crippen LogP contribution in [0.4, 0.5) is 6.01 Å². The van der Waals surface area contributed by atoms with E-state index in [1.807, 2.05) is 13.8 Å². The van der Waals surface area contributed by atoms with E-state index in [9.17, 15) is 4.79 Å². The molecule has 0 saturated carbocycles. The zero-order chi connectivity index (χ0) is 11.7. The third-order valence-electron chi connectivity index (χ3n) is 2.73. The summed E-state index contributed by atoms with van der Waals surface area (Å²) in [7, 11) is 0. The Morgan fingerprint density at radius 3 is 2.94 bits per heavy atom. The lowest BCUT2D eigenvalue weighted by molar-refractivity contribution is -0.138. The molecule has 2 heterocycles. The SMILES string of the molecule is CC(C)c1noc(N2CCC[C@H]2C(=O)O)n1. The molecule has 1 aliphatic rings. The summed E-state index contributed by atoms with van der Waals surface area (Å²) in [5.41, 5.74) is 0. The van der Waals surface area contributed by atoms with Crippen molar-refractivity contribution >= 4 is 12.0 Å². The van der Waals surface area contributed by atoms with Crippen LogP contribution in [0.2, 0.25) is 0 Å². The van der Waals surface area contributed by atoms with E-state index in [0.29, 0.717) is 24.8 Å². The van der Waals surface area contributed by atoms with Gasteiger partial charge in [0.05, 0.1) is 0 Å². The number of anilines is 1. The fourth-order valence-electron chi connectivity index (χ4n) is 1.83. The summed E-state index contributed by atoms with van der Waals surface area (Å²) < 4.78 is 5.09. The lowest BCUT2D eigenvalue weighted by Gasteiger charge is -2.17. The smallest absolute Gasteiger partial charge is 0.326 e. The van der Waals surface area contributed by atoms with Crippen molar-refractivity contribution in [3.63, 3.8) is 0 Å². The quantitative estimate of drug-likeness (QED) is 0.833. The van der Waals surface area contributed by atoms with Crippen LogP contribution < -0.4 is 4.90 Å². The second kappa shape index (κ2) is 4.11. The minimum Gasteiger partial charge on any atom is -0.480 e. The first kappa shape index (κ1) is 10.9. The number of rotatable bonds is 3. The molecule has 0 aliphatic carbocycles. The van der Waals surface area contributed by atoms with Crippen molar-refractivity contribution in [1.29, 1.82) is 0 Å². The Morgan fingerprint density at radius 1 is 1.62 bits per heavy atom. The van der Waals surface area contributed by atoms with Gasteiger partial charge in [0.25, 0.3) is 0 Å². The highest BCUT2D eigenvalue weighted by molar-refractivity contribution is 5.77. The Labute approximate surface area is 93.2 Å². The van der Waals surface area contributed by atoms with Crippen LogP contribution >= 0.6 is 0 Å². The lowest BCUT2D eigenvalue weighted by atomic mass is 10.2. The molecule has 6 heteroatoms. The van der Waals surface area contributed by atoms with Gasteiger partial charge in [0, 0.05) is 12.5 Å². The average molecular weight is 225 g/mol. The van der Waals surface area contributed by atoms with Crippen molar-refractivity contribution in [3.05, 3.63) is 5.82 Å². The van der Waals surface area contributed by atoms with Gasteiger partial charge in [0.15, 0.2) is 5.82 Å². The molecule has 1 fully saturated rings. The van der Waals surface area contributed by atoms with E-state index < -0.39 is 12.0 Å². The van der Waals surface area contributed by atoms with Crippen molar-refractivity contribution < 1.29 is 14.4 Å². The van der Waals surface area contributed by atoms with Gasteiger partial charge in [-0.25, -0.2) is 4.79 Å². The second-order valence-corrected chi connectivity index (χ2v) is 4.28. The van der Waals surface area contributed by atoms with Crippen LogP contribution in [-0.2, 0) is 4.79 Å². The first-order chi connectivity index (χ1) is 7.59.